The third kappa shape index (κ3) is 6.50. The molecule has 8 nitrogen and oxygen atoms in total. The van der Waals surface area contributed by atoms with E-state index in [1.807, 2.05) is 13.8 Å². The first kappa shape index (κ1) is 26.0. The Bertz CT molecular complexity index is 935. The molecule has 0 saturated heterocycles. The molecule has 0 amide bonds. The van der Waals surface area contributed by atoms with E-state index >= 15 is 0 Å². The maximum atomic E-state index is 12.9. The molecule has 184 valence electrons. The molecule has 1 aromatic rings. The number of alkyl halides is 2. The third-order valence-corrected chi connectivity index (χ3v) is 6.98. The summed E-state index contributed by atoms with van der Waals surface area (Å²) in [4.78, 5) is 3.43. The molecule has 1 aliphatic carbocycles. The summed E-state index contributed by atoms with van der Waals surface area (Å²) in [5, 5.41) is 13.9. The maximum Gasteiger partial charge on any atom is 0.387 e. The van der Waals surface area contributed by atoms with Crippen LogP contribution in [0.5, 0.6) is 5.75 Å². The van der Waals surface area contributed by atoms with Crippen LogP contribution in [0, 0.1) is 0 Å². The minimum absolute atomic E-state index is 0.00730. The zero-order valence-corrected chi connectivity index (χ0v) is 20.8. The fourth-order valence-corrected chi connectivity index (χ4v) is 4.71. The van der Waals surface area contributed by atoms with Gasteiger partial charge >= 0.3 is 6.61 Å². The van der Waals surface area contributed by atoms with E-state index in [2.05, 4.69) is 19.4 Å². The van der Waals surface area contributed by atoms with E-state index in [1.54, 1.807) is 32.9 Å². The summed E-state index contributed by atoms with van der Waals surface area (Å²) >= 11 is 1.19. The van der Waals surface area contributed by atoms with Gasteiger partial charge in [-0.3, -0.25) is 0 Å². The van der Waals surface area contributed by atoms with Crippen LogP contribution in [-0.4, -0.2) is 44.0 Å². The Morgan fingerprint density at radius 2 is 2.06 bits per heavy atom. The van der Waals surface area contributed by atoms with Crippen LogP contribution in [0.2, 0.25) is 0 Å². The second-order valence-electron chi connectivity index (χ2n) is 9.23. The lowest BCUT2D eigenvalue weighted by atomic mass is 9.95. The van der Waals surface area contributed by atoms with E-state index in [4.69, 9.17) is 10.5 Å². The number of rotatable bonds is 10. The number of benzene rings is 1. The zero-order chi connectivity index (χ0) is 24.6. The topological polar surface area (TPSA) is 119 Å². The minimum Gasteiger partial charge on any atom is -0.435 e. The predicted octanol–water partition coefficient (Wildman–Crippen LogP) is 4.31. The summed E-state index contributed by atoms with van der Waals surface area (Å²) in [5.74, 6) is 0.247. The Kier molecular flexibility index (Phi) is 7.84. The SMILES string of the molecule is CC(C)c1cc(OC(F)F)cc(C2CC2)c1NC(N=S=O)OC1N=C(C(C)(C)O)S[C@]1(C)N. The van der Waals surface area contributed by atoms with E-state index < -0.39 is 29.7 Å². The Morgan fingerprint density at radius 1 is 1.39 bits per heavy atom. The molecular weight excluding hydrogens is 474 g/mol. The van der Waals surface area contributed by atoms with Crippen LogP contribution in [0.15, 0.2) is 21.5 Å². The van der Waals surface area contributed by atoms with Gasteiger partial charge in [-0.2, -0.15) is 13.0 Å². The molecule has 2 unspecified atom stereocenters. The number of aliphatic imine (C=N–C) groups is 1. The Balaban J connectivity index is 1.95. The van der Waals surface area contributed by atoms with Crippen molar-refractivity contribution >= 4 is 34.0 Å². The number of hydrogen-bond acceptors (Lipinski definition) is 9. The van der Waals surface area contributed by atoms with Crippen LogP contribution in [-0.2, 0) is 16.2 Å². The lowest BCUT2D eigenvalue weighted by molar-refractivity contribution is -0.0499. The van der Waals surface area contributed by atoms with Gasteiger partial charge in [-0.25, -0.2) is 4.99 Å². The van der Waals surface area contributed by atoms with Crippen LogP contribution in [0.1, 0.15) is 70.4 Å². The first-order valence-electron chi connectivity index (χ1n) is 10.6. The average molecular weight is 505 g/mol. The molecule has 12 heteroatoms. The molecule has 33 heavy (non-hydrogen) atoms. The van der Waals surface area contributed by atoms with Gasteiger partial charge in [-0.15, -0.1) is 4.36 Å². The van der Waals surface area contributed by atoms with Crippen LogP contribution in [0.3, 0.4) is 0 Å². The largest absolute Gasteiger partial charge is 0.435 e. The number of nitrogens with two attached hydrogens (primary N) is 1. The van der Waals surface area contributed by atoms with Crippen LogP contribution < -0.4 is 15.8 Å². The van der Waals surface area contributed by atoms with Gasteiger partial charge in [-0.05, 0) is 68.7 Å². The number of nitrogens with zero attached hydrogens (tertiary/aromatic N) is 2. The number of thioether (sulfide) groups is 1. The van der Waals surface area contributed by atoms with Crippen molar-refractivity contribution in [3.05, 3.63) is 23.3 Å². The monoisotopic (exact) mass is 504 g/mol. The number of hydrogen-bond donors (Lipinski definition) is 3. The molecule has 1 fully saturated rings. The smallest absolute Gasteiger partial charge is 0.387 e. The van der Waals surface area contributed by atoms with Crippen molar-refractivity contribution in [2.75, 3.05) is 5.32 Å². The molecule has 1 saturated carbocycles. The Morgan fingerprint density at radius 3 is 2.55 bits per heavy atom. The van der Waals surface area contributed by atoms with Gasteiger partial charge < -0.3 is 25.6 Å². The van der Waals surface area contributed by atoms with Gasteiger partial charge in [0.15, 0.2) is 6.23 Å². The molecule has 0 aromatic heterocycles. The van der Waals surface area contributed by atoms with E-state index in [0.717, 1.165) is 24.0 Å². The molecule has 3 atom stereocenters. The van der Waals surface area contributed by atoms with Gasteiger partial charge in [0.1, 0.15) is 21.3 Å². The molecule has 0 spiro atoms. The van der Waals surface area contributed by atoms with Gasteiger partial charge in [0.2, 0.25) is 17.8 Å². The van der Waals surface area contributed by atoms with Crippen LogP contribution >= 0.6 is 11.8 Å². The highest BCUT2D eigenvalue weighted by atomic mass is 32.2. The second-order valence-corrected chi connectivity index (χ2v) is 11.1. The fourth-order valence-electron chi connectivity index (χ4n) is 3.51. The minimum atomic E-state index is -2.93. The summed E-state index contributed by atoms with van der Waals surface area (Å²) < 4.78 is 51.7. The number of aliphatic hydroxyl groups is 1. The molecule has 4 N–H and O–H groups in total. The van der Waals surface area contributed by atoms with E-state index in [-0.39, 0.29) is 29.0 Å². The molecule has 3 rings (SSSR count). The highest BCUT2D eigenvalue weighted by Crippen LogP contribution is 2.48. The highest BCUT2D eigenvalue weighted by Gasteiger charge is 2.44. The molecule has 1 heterocycles. The molecule has 0 bridgehead atoms. The van der Waals surface area contributed by atoms with Crippen molar-refractivity contribution in [3.8, 4) is 5.75 Å². The van der Waals surface area contributed by atoms with Gasteiger partial charge in [-0.1, -0.05) is 25.6 Å². The van der Waals surface area contributed by atoms with Crippen molar-refractivity contribution in [3.63, 3.8) is 0 Å². The summed E-state index contributed by atoms with van der Waals surface area (Å²) in [6.45, 7) is 5.86. The maximum absolute atomic E-state index is 12.9. The van der Waals surface area contributed by atoms with E-state index in [1.165, 1.54) is 11.8 Å². The highest BCUT2D eigenvalue weighted by molar-refractivity contribution is 8.15. The number of nitrogens with one attached hydrogen (secondary N) is 1. The lowest BCUT2D eigenvalue weighted by Gasteiger charge is -2.29. The van der Waals surface area contributed by atoms with Crippen molar-refractivity contribution in [2.24, 2.45) is 15.1 Å². The number of ether oxygens (including phenoxy) is 2. The van der Waals surface area contributed by atoms with Crippen molar-refractivity contribution in [2.45, 2.75) is 89.0 Å². The van der Waals surface area contributed by atoms with Gasteiger partial charge in [0.25, 0.3) is 0 Å². The van der Waals surface area contributed by atoms with Crippen molar-refractivity contribution in [1.82, 2.24) is 0 Å². The Hall–Kier alpha value is -1.60. The second kappa shape index (κ2) is 9.95. The quantitative estimate of drug-likeness (QED) is 0.406. The standard InChI is InChI=1S/C21H30F2N4O4S2/c1-10(2)13-8-12(30-18(22)23)9-14(11-6-7-11)15(13)25-19(27-33-29)31-16-21(5,24)32-17(26-16)20(3,4)28/h8-11,16,18-19,25,28H,6-7,24H2,1-5H3/t16?,19?,21-/m0/s1. The molecule has 1 aliphatic heterocycles. The fraction of sp³-hybridized carbons (Fsp3) is 0.667. The summed E-state index contributed by atoms with van der Waals surface area (Å²) in [7, 11) is 0. The molecule has 2 aliphatic rings. The number of anilines is 1. The summed E-state index contributed by atoms with van der Waals surface area (Å²) in [6.07, 6.45) is -0.154. The van der Waals surface area contributed by atoms with Gasteiger partial charge in [0.05, 0.1) is 0 Å². The zero-order valence-electron chi connectivity index (χ0n) is 19.2. The summed E-state index contributed by atoms with van der Waals surface area (Å²) in [6, 6.07) is 3.16. The van der Waals surface area contributed by atoms with E-state index in [9.17, 15) is 18.1 Å². The Labute approximate surface area is 199 Å². The van der Waals surface area contributed by atoms with E-state index in [0.29, 0.717) is 10.7 Å². The lowest BCUT2D eigenvalue weighted by Crippen LogP contribution is -2.45. The normalized spacial score (nSPS) is 24.1. The molecular formula is C21H30F2N4O4S2. The first-order chi connectivity index (χ1) is 15.3. The van der Waals surface area contributed by atoms with Crippen LogP contribution in [0.25, 0.3) is 0 Å². The molecule has 0 radical (unpaired) electrons. The van der Waals surface area contributed by atoms with Crippen molar-refractivity contribution < 1.29 is 27.6 Å². The average Bonchev–Trinajstić information content (AvgIpc) is 3.46. The van der Waals surface area contributed by atoms with Crippen LogP contribution in [0.4, 0.5) is 14.5 Å². The van der Waals surface area contributed by atoms with Gasteiger partial charge in [0, 0.05) is 5.69 Å². The molecule has 1 aromatic carbocycles. The third-order valence-electron chi connectivity index (χ3n) is 5.27. The number of halogens is 2. The predicted molar refractivity (Wildman–Crippen MR) is 126 cm³/mol. The summed E-state index contributed by atoms with van der Waals surface area (Å²) in [5.41, 5.74) is 7.39. The van der Waals surface area contributed by atoms with Crippen molar-refractivity contribution in [1.29, 1.82) is 0 Å². The first-order valence-corrected chi connectivity index (χ1v) is 12.2.